The average Bonchev–Trinajstić information content (AvgIpc) is 2.54. The Hall–Kier alpha value is -3.09. The van der Waals surface area contributed by atoms with Crippen molar-refractivity contribution >= 4 is 23.0 Å². The highest BCUT2D eigenvalue weighted by Gasteiger charge is 2.16. The van der Waals surface area contributed by atoms with Gasteiger partial charge in [0.2, 0.25) is 5.91 Å². The van der Waals surface area contributed by atoms with Crippen molar-refractivity contribution in [3.8, 4) is 5.75 Å². The molecule has 0 bridgehead atoms. The summed E-state index contributed by atoms with van der Waals surface area (Å²) in [7, 11) is 1.55. The number of benzene rings is 2. The Kier molecular flexibility index (Phi) is 5.36. The normalized spacial score (nSPS) is 10.1. The molecule has 0 unspecified atom stereocenters. The summed E-state index contributed by atoms with van der Waals surface area (Å²) in [5.74, 6) is 0.236. The molecule has 0 saturated carbocycles. The van der Waals surface area contributed by atoms with E-state index < -0.39 is 4.92 Å². The quantitative estimate of drug-likeness (QED) is 0.626. The lowest BCUT2D eigenvalue weighted by atomic mass is 10.2. The fourth-order valence-corrected chi connectivity index (χ4v) is 2.23. The van der Waals surface area contributed by atoms with E-state index in [1.807, 2.05) is 19.1 Å². The lowest BCUT2D eigenvalue weighted by molar-refractivity contribution is -0.384. The first-order valence-corrected chi connectivity index (χ1v) is 7.34. The summed E-state index contributed by atoms with van der Waals surface area (Å²) in [6.45, 7) is 3.65. The van der Waals surface area contributed by atoms with Crippen molar-refractivity contribution in [3.05, 3.63) is 57.6 Å². The van der Waals surface area contributed by atoms with Crippen LogP contribution in [0.2, 0.25) is 0 Å². The highest BCUT2D eigenvalue weighted by Crippen LogP contribution is 2.26. The summed E-state index contributed by atoms with van der Waals surface area (Å²) in [5, 5.41) is 16.6. The highest BCUT2D eigenvalue weighted by atomic mass is 16.6. The third-order valence-electron chi connectivity index (χ3n) is 3.42. The first-order valence-electron chi connectivity index (χ1n) is 7.34. The van der Waals surface area contributed by atoms with Crippen molar-refractivity contribution in [1.82, 2.24) is 0 Å². The fourth-order valence-electron chi connectivity index (χ4n) is 2.23. The number of nitro benzene ring substituents is 1. The van der Waals surface area contributed by atoms with Gasteiger partial charge in [-0.3, -0.25) is 14.9 Å². The number of nitrogens with zero attached hydrogens (tertiary/aromatic N) is 1. The number of nitro groups is 1. The molecular formula is C17H19N3O4. The molecule has 0 atom stereocenters. The van der Waals surface area contributed by atoms with Crippen LogP contribution in [0.25, 0.3) is 0 Å². The first-order chi connectivity index (χ1) is 11.4. The third kappa shape index (κ3) is 4.22. The highest BCUT2D eigenvalue weighted by molar-refractivity contribution is 5.96. The number of hydrogen-bond donors (Lipinski definition) is 2. The molecule has 7 heteroatoms. The molecule has 2 N–H and O–H groups in total. The van der Waals surface area contributed by atoms with Crippen molar-refractivity contribution in [2.75, 3.05) is 24.3 Å². The van der Waals surface area contributed by atoms with Gasteiger partial charge < -0.3 is 15.4 Å². The average molecular weight is 329 g/mol. The summed E-state index contributed by atoms with van der Waals surface area (Å²) in [5.41, 5.74) is 2.51. The summed E-state index contributed by atoms with van der Waals surface area (Å²) in [4.78, 5) is 22.7. The zero-order valence-electron chi connectivity index (χ0n) is 13.8. The van der Waals surface area contributed by atoms with Crippen LogP contribution in [0.3, 0.4) is 0 Å². The maximum atomic E-state index is 12.1. The maximum Gasteiger partial charge on any atom is 0.293 e. The fraction of sp³-hybridized carbons (Fsp3) is 0.235. The van der Waals surface area contributed by atoms with Crippen LogP contribution in [-0.4, -0.2) is 24.5 Å². The van der Waals surface area contributed by atoms with E-state index in [0.717, 1.165) is 11.1 Å². The summed E-state index contributed by atoms with van der Waals surface area (Å²) in [6, 6.07) is 10.2. The van der Waals surface area contributed by atoms with Crippen LogP contribution in [0.15, 0.2) is 36.4 Å². The predicted octanol–water partition coefficient (Wildman–Crippen LogP) is 3.27. The Balaban J connectivity index is 2.07. The van der Waals surface area contributed by atoms with Crippen molar-refractivity contribution in [2.45, 2.75) is 13.8 Å². The van der Waals surface area contributed by atoms with E-state index in [-0.39, 0.29) is 23.8 Å². The molecule has 0 aliphatic carbocycles. The van der Waals surface area contributed by atoms with E-state index in [0.29, 0.717) is 11.4 Å². The number of ether oxygens (including phenoxy) is 1. The molecule has 7 nitrogen and oxygen atoms in total. The zero-order valence-corrected chi connectivity index (χ0v) is 13.8. The number of aryl methyl sites for hydroxylation is 2. The van der Waals surface area contributed by atoms with Crippen molar-refractivity contribution in [1.29, 1.82) is 0 Å². The molecule has 24 heavy (non-hydrogen) atoms. The number of carbonyl (C=O) groups excluding carboxylic acids is 1. The molecule has 1 amide bonds. The molecule has 0 radical (unpaired) electrons. The van der Waals surface area contributed by atoms with Gasteiger partial charge in [-0.05, 0) is 43.2 Å². The largest absolute Gasteiger partial charge is 0.495 e. The minimum absolute atomic E-state index is 0.0369. The van der Waals surface area contributed by atoms with Gasteiger partial charge in [0.05, 0.1) is 24.3 Å². The van der Waals surface area contributed by atoms with Gasteiger partial charge in [-0.2, -0.15) is 0 Å². The minimum atomic E-state index is -0.514. The summed E-state index contributed by atoms with van der Waals surface area (Å²) in [6.07, 6.45) is 0. The second kappa shape index (κ2) is 7.45. The number of carbonyl (C=O) groups is 1. The number of methoxy groups -OCH3 is 1. The van der Waals surface area contributed by atoms with Gasteiger partial charge in [0.25, 0.3) is 5.69 Å². The number of anilines is 2. The smallest absolute Gasteiger partial charge is 0.293 e. The van der Waals surface area contributed by atoms with Crippen LogP contribution in [-0.2, 0) is 4.79 Å². The molecule has 0 aliphatic rings. The molecule has 126 valence electrons. The van der Waals surface area contributed by atoms with Crippen LogP contribution < -0.4 is 15.4 Å². The SMILES string of the molecule is COc1ccc(C)cc1NCC(=O)Nc1ccc(C)cc1[N+](=O)[O-]. The molecule has 2 aromatic rings. The Labute approximate surface area is 139 Å². The van der Waals surface area contributed by atoms with E-state index >= 15 is 0 Å². The first kappa shape index (κ1) is 17.3. The lowest BCUT2D eigenvalue weighted by Gasteiger charge is -2.12. The molecule has 2 aromatic carbocycles. The van der Waals surface area contributed by atoms with E-state index in [9.17, 15) is 14.9 Å². The molecule has 0 heterocycles. The van der Waals surface area contributed by atoms with Gasteiger partial charge >= 0.3 is 0 Å². The molecule has 0 aromatic heterocycles. The number of rotatable bonds is 6. The van der Waals surface area contributed by atoms with E-state index in [4.69, 9.17) is 4.74 Å². The van der Waals surface area contributed by atoms with Crippen LogP contribution in [0.4, 0.5) is 17.1 Å². The summed E-state index contributed by atoms with van der Waals surface area (Å²) >= 11 is 0. The van der Waals surface area contributed by atoms with Gasteiger partial charge in [0, 0.05) is 6.07 Å². The van der Waals surface area contributed by atoms with Gasteiger partial charge in [-0.15, -0.1) is 0 Å². The van der Waals surface area contributed by atoms with E-state index in [1.54, 1.807) is 26.2 Å². The van der Waals surface area contributed by atoms with Crippen molar-refractivity contribution in [2.24, 2.45) is 0 Å². The number of hydrogen-bond acceptors (Lipinski definition) is 5. The van der Waals surface area contributed by atoms with Crippen LogP contribution in [0.1, 0.15) is 11.1 Å². The molecule has 0 aliphatic heterocycles. The van der Waals surface area contributed by atoms with Gasteiger partial charge in [0.15, 0.2) is 0 Å². The standard InChI is InChI=1S/C17H19N3O4/c1-11-5-7-16(24-3)14(8-11)18-10-17(21)19-13-6-4-12(2)9-15(13)20(22)23/h4-9,18H,10H2,1-3H3,(H,19,21). The van der Waals surface area contributed by atoms with Crippen molar-refractivity contribution < 1.29 is 14.5 Å². The topological polar surface area (TPSA) is 93.5 Å². The van der Waals surface area contributed by atoms with Crippen molar-refractivity contribution in [3.63, 3.8) is 0 Å². The Morgan fingerprint density at radius 3 is 2.46 bits per heavy atom. The molecule has 0 saturated heterocycles. The van der Waals surface area contributed by atoms with Gasteiger partial charge in [0.1, 0.15) is 11.4 Å². The van der Waals surface area contributed by atoms with Crippen LogP contribution in [0.5, 0.6) is 5.75 Å². The van der Waals surface area contributed by atoms with E-state index in [2.05, 4.69) is 10.6 Å². The van der Waals surface area contributed by atoms with Gasteiger partial charge in [-0.1, -0.05) is 12.1 Å². The van der Waals surface area contributed by atoms with E-state index in [1.165, 1.54) is 12.1 Å². The molecule has 0 fully saturated rings. The molecular weight excluding hydrogens is 310 g/mol. The number of amides is 1. The zero-order chi connectivity index (χ0) is 17.7. The van der Waals surface area contributed by atoms with Gasteiger partial charge in [-0.25, -0.2) is 0 Å². The second-order valence-corrected chi connectivity index (χ2v) is 5.38. The number of nitrogens with one attached hydrogen (secondary N) is 2. The lowest BCUT2D eigenvalue weighted by Crippen LogP contribution is -2.22. The Bertz CT molecular complexity index is 774. The monoisotopic (exact) mass is 329 g/mol. The second-order valence-electron chi connectivity index (χ2n) is 5.38. The summed E-state index contributed by atoms with van der Waals surface area (Å²) < 4.78 is 5.23. The molecule has 2 rings (SSSR count). The molecule has 0 spiro atoms. The Morgan fingerprint density at radius 1 is 1.12 bits per heavy atom. The van der Waals surface area contributed by atoms with Crippen LogP contribution in [0, 0.1) is 24.0 Å². The predicted molar refractivity (Wildman–Crippen MR) is 92.7 cm³/mol. The maximum absolute atomic E-state index is 12.1. The Morgan fingerprint density at radius 2 is 1.79 bits per heavy atom. The minimum Gasteiger partial charge on any atom is -0.495 e. The van der Waals surface area contributed by atoms with Crippen LogP contribution >= 0.6 is 0 Å². The third-order valence-corrected chi connectivity index (χ3v) is 3.42.